The Morgan fingerprint density at radius 3 is 2.46 bits per heavy atom. The van der Waals surface area contributed by atoms with E-state index in [2.05, 4.69) is 5.16 Å². The number of hydrogen-bond acceptors (Lipinski definition) is 5. The highest BCUT2D eigenvalue weighted by Crippen LogP contribution is 2.49. The highest BCUT2D eigenvalue weighted by atomic mass is 32.2. The van der Waals surface area contributed by atoms with Gasteiger partial charge in [0.15, 0.2) is 5.76 Å². The van der Waals surface area contributed by atoms with Crippen LogP contribution in [0.15, 0.2) is 33.7 Å². The van der Waals surface area contributed by atoms with Crippen molar-refractivity contribution in [1.29, 1.82) is 0 Å². The van der Waals surface area contributed by atoms with Crippen LogP contribution in [-0.2, 0) is 14.8 Å². The van der Waals surface area contributed by atoms with Crippen LogP contribution in [-0.4, -0.2) is 54.9 Å². The van der Waals surface area contributed by atoms with Gasteiger partial charge in [0.25, 0.3) is 0 Å². The third kappa shape index (κ3) is 3.22. The Morgan fingerprint density at radius 2 is 1.86 bits per heavy atom. The van der Waals surface area contributed by atoms with Gasteiger partial charge in [-0.3, -0.25) is 4.79 Å². The molecule has 0 N–H and O–H groups in total. The van der Waals surface area contributed by atoms with E-state index < -0.39 is 10.0 Å². The number of benzene rings is 1. The number of halogens is 1. The third-order valence-electron chi connectivity index (χ3n) is 5.53. The van der Waals surface area contributed by atoms with E-state index in [1.807, 2.05) is 0 Å². The number of carbonyl (C=O) groups is 1. The number of nitrogens with zero attached hydrogens (tertiary/aromatic N) is 3. The lowest BCUT2D eigenvalue weighted by Gasteiger charge is -2.34. The number of rotatable bonds is 4. The first-order chi connectivity index (χ1) is 13.3. The molecule has 1 aliphatic carbocycles. The Morgan fingerprint density at radius 1 is 1.18 bits per heavy atom. The molecule has 2 heterocycles. The minimum atomic E-state index is -3.70. The molecule has 2 fully saturated rings. The second-order valence-corrected chi connectivity index (χ2v) is 9.23. The van der Waals surface area contributed by atoms with Crippen LogP contribution >= 0.6 is 0 Å². The number of carbonyl (C=O) groups excluding carboxylic acids is 1. The number of aromatic nitrogens is 1. The van der Waals surface area contributed by atoms with Crippen LogP contribution in [0.4, 0.5) is 4.39 Å². The molecule has 0 radical (unpaired) electrons. The first-order valence-electron chi connectivity index (χ1n) is 9.27. The summed E-state index contributed by atoms with van der Waals surface area (Å²) in [6.45, 7) is 4.25. The van der Waals surface area contributed by atoms with E-state index in [0.29, 0.717) is 30.8 Å². The molecule has 1 saturated carbocycles. The second kappa shape index (κ2) is 6.97. The Labute approximate surface area is 163 Å². The van der Waals surface area contributed by atoms with Crippen molar-refractivity contribution in [3.05, 3.63) is 47.1 Å². The summed E-state index contributed by atoms with van der Waals surface area (Å²) in [4.78, 5) is 14.6. The van der Waals surface area contributed by atoms with E-state index in [9.17, 15) is 17.6 Å². The molecule has 28 heavy (non-hydrogen) atoms. The fraction of sp³-hybridized carbons (Fsp3) is 0.474. The molecule has 4 rings (SSSR count). The van der Waals surface area contributed by atoms with Crippen LogP contribution in [0.25, 0.3) is 0 Å². The minimum Gasteiger partial charge on any atom is -0.360 e. The zero-order chi connectivity index (χ0) is 20.1. The van der Waals surface area contributed by atoms with Gasteiger partial charge >= 0.3 is 0 Å². The highest BCUT2D eigenvalue weighted by molar-refractivity contribution is 7.89. The lowest BCUT2D eigenvalue weighted by Crippen LogP contribution is -2.51. The van der Waals surface area contributed by atoms with Gasteiger partial charge in [-0.05, 0) is 37.8 Å². The minimum absolute atomic E-state index is 0.0253. The standard InChI is InChI=1S/C19H22FN3O4S/c1-12-18(13(2)27-21-12)28(25,26)23-9-7-22(8-10-23)19(24)16-11-15(16)14-5-3-4-6-17(14)20/h3-6,15-16H,7-11H2,1-2H3. The van der Waals surface area contributed by atoms with Crippen LogP contribution in [0.1, 0.15) is 29.4 Å². The van der Waals surface area contributed by atoms with Crippen molar-refractivity contribution < 1.29 is 22.1 Å². The van der Waals surface area contributed by atoms with E-state index in [4.69, 9.17) is 4.52 Å². The van der Waals surface area contributed by atoms with Crippen LogP contribution in [0, 0.1) is 25.6 Å². The molecule has 9 heteroatoms. The summed E-state index contributed by atoms with van der Waals surface area (Å²) in [7, 11) is -3.70. The lowest BCUT2D eigenvalue weighted by atomic mass is 10.1. The van der Waals surface area contributed by atoms with Gasteiger partial charge in [0, 0.05) is 32.1 Å². The third-order valence-corrected chi connectivity index (χ3v) is 7.67. The largest absolute Gasteiger partial charge is 0.360 e. The molecule has 0 bridgehead atoms. The van der Waals surface area contributed by atoms with E-state index in [0.717, 1.165) is 0 Å². The molecular weight excluding hydrogens is 385 g/mol. The van der Waals surface area contributed by atoms with Crippen LogP contribution in [0.2, 0.25) is 0 Å². The maximum Gasteiger partial charge on any atom is 0.248 e. The van der Waals surface area contributed by atoms with Gasteiger partial charge < -0.3 is 9.42 Å². The number of aryl methyl sites for hydroxylation is 2. The molecular formula is C19H22FN3O4S. The first kappa shape index (κ1) is 19.1. The van der Waals surface area contributed by atoms with Crippen LogP contribution in [0.3, 0.4) is 0 Å². The topological polar surface area (TPSA) is 83.7 Å². The molecule has 1 amide bonds. The van der Waals surface area contributed by atoms with E-state index >= 15 is 0 Å². The Bertz CT molecular complexity index is 992. The van der Waals surface area contributed by atoms with Gasteiger partial charge in [-0.25, -0.2) is 12.8 Å². The summed E-state index contributed by atoms with van der Waals surface area (Å²) in [5.74, 6) is -0.345. The van der Waals surface area contributed by atoms with Crippen molar-refractivity contribution in [2.24, 2.45) is 5.92 Å². The zero-order valence-corrected chi connectivity index (χ0v) is 16.6. The molecule has 2 unspecified atom stereocenters. The lowest BCUT2D eigenvalue weighted by molar-refractivity contribution is -0.133. The molecule has 1 saturated heterocycles. The van der Waals surface area contributed by atoms with Crippen molar-refractivity contribution >= 4 is 15.9 Å². The van der Waals surface area contributed by atoms with E-state index in [-0.39, 0.29) is 47.3 Å². The second-order valence-electron chi connectivity index (χ2n) is 7.35. The van der Waals surface area contributed by atoms with E-state index in [1.54, 1.807) is 36.9 Å². The van der Waals surface area contributed by atoms with Crippen LogP contribution < -0.4 is 0 Å². The monoisotopic (exact) mass is 407 g/mol. The predicted octanol–water partition coefficient (Wildman–Crippen LogP) is 2.07. The van der Waals surface area contributed by atoms with Gasteiger partial charge in [0.2, 0.25) is 15.9 Å². The fourth-order valence-electron chi connectivity index (χ4n) is 3.94. The predicted molar refractivity (Wildman–Crippen MR) is 98.6 cm³/mol. The van der Waals surface area contributed by atoms with Crippen molar-refractivity contribution in [3.63, 3.8) is 0 Å². The fourth-order valence-corrected chi connectivity index (χ4v) is 5.66. The molecule has 0 spiro atoms. The number of amides is 1. The van der Waals surface area contributed by atoms with Crippen molar-refractivity contribution in [2.45, 2.75) is 31.1 Å². The molecule has 2 aliphatic rings. The van der Waals surface area contributed by atoms with E-state index in [1.165, 1.54) is 10.4 Å². The Balaban J connectivity index is 1.40. The van der Waals surface area contributed by atoms with Crippen molar-refractivity contribution in [2.75, 3.05) is 26.2 Å². The first-order valence-corrected chi connectivity index (χ1v) is 10.7. The summed E-state index contributed by atoms with van der Waals surface area (Å²) in [6.07, 6.45) is 0.636. The molecule has 150 valence electrons. The zero-order valence-electron chi connectivity index (χ0n) is 15.8. The average Bonchev–Trinajstić information content (AvgIpc) is 3.39. The normalized spacial score (nSPS) is 23.0. The van der Waals surface area contributed by atoms with Crippen molar-refractivity contribution in [1.82, 2.24) is 14.4 Å². The van der Waals surface area contributed by atoms with Gasteiger partial charge in [-0.2, -0.15) is 4.31 Å². The maximum atomic E-state index is 13.9. The number of hydrogen-bond donors (Lipinski definition) is 0. The van der Waals surface area contributed by atoms with Gasteiger partial charge in [-0.1, -0.05) is 23.4 Å². The smallest absolute Gasteiger partial charge is 0.248 e. The average molecular weight is 407 g/mol. The summed E-state index contributed by atoms with van der Waals surface area (Å²) in [5, 5.41) is 3.72. The Hall–Kier alpha value is -2.26. The maximum absolute atomic E-state index is 13.9. The molecule has 2 aromatic rings. The molecule has 1 aromatic heterocycles. The molecule has 1 aromatic carbocycles. The SMILES string of the molecule is Cc1noc(C)c1S(=O)(=O)N1CCN(C(=O)C2CC2c2ccccc2F)CC1. The van der Waals surface area contributed by atoms with Gasteiger partial charge in [0.1, 0.15) is 16.4 Å². The highest BCUT2D eigenvalue weighted by Gasteiger charge is 2.47. The molecule has 7 nitrogen and oxygen atoms in total. The summed E-state index contributed by atoms with van der Waals surface area (Å²) < 4.78 is 46.0. The number of piperazine rings is 1. The van der Waals surface area contributed by atoms with Crippen molar-refractivity contribution in [3.8, 4) is 0 Å². The Kier molecular flexibility index (Phi) is 4.75. The molecule has 2 atom stereocenters. The number of sulfonamides is 1. The van der Waals surface area contributed by atoms with Gasteiger partial charge in [0.05, 0.1) is 0 Å². The summed E-state index contributed by atoms with van der Waals surface area (Å²) in [5.41, 5.74) is 0.919. The quantitative estimate of drug-likeness (QED) is 0.775. The van der Waals surface area contributed by atoms with Crippen LogP contribution in [0.5, 0.6) is 0 Å². The summed E-state index contributed by atoms with van der Waals surface area (Å²) >= 11 is 0. The van der Waals surface area contributed by atoms with Gasteiger partial charge in [-0.15, -0.1) is 0 Å². The molecule has 1 aliphatic heterocycles. The summed E-state index contributed by atoms with van der Waals surface area (Å²) in [6, 6.07) is 6.54.